The van der Waals surface area contributed by atoms with E-state index in [4.69, 9.17) is 12.6 Å². The van der Waals surface area contributed by atoms with Crippen LogP contribution in [0.1, 0.15) is 26.8 Å². The molecule has 26 heavy (non-hydrogen) atoms. The largest absolute Gasteiger partial charge is 0.758 e. The third kappa shape index (κ3) is 4.39. The summed E-state index contributed by atoms with van der Waals surface area (Å²) in [4.78, 5) is 18.1. The van der Waals surface area contributed by atoms with E-state index in [1.54, 1.807) is 22.8 Å². The average Bonchev–Trinajstić information content (AvgIpc) is 3.16. The Balaban J connectivity index is 1.92. The lowest BCUT2D eigenvalue weighted by Gasteiger charge is -2.18. The molecule has 0 aliphatic heterocycles. The quantitative estimate of drug-likeness (QED) is 0.211. The Morgan fingerprint density at radius 3 is 2.65 bits per heavy atom. The van der Waals surface area contributed by atoms with Crippen LogP contribution < -0.4 is 4.57 Å². The smallest absolute Gasteiger partial charge is 0.244 e. The topological polar surface area (TPSA) is 33.3 Å². The number of hydrogen-bond acceptors (Lipinski definition) is 4. The number of carbonyl (C=O) groups excluding carboxylic acids is 1. The first-order valence-corrected chi connectivity index (χ1v) is 9.34. The van der Waals surface area contributed by atoms with Gasteiger partial charge in [0.05, 0.1) is 11.4 Å². The molecular weight excluding hydrogens is 367 g/mol. The molecule has 132 valence electrons. The van der Waals surface area contributed by atoms with Crippen LogP contribution in [0.3, 0.4) is 0 Å². The Hall–Kier alpha value is -2.44. The molecule has 0 unspecified atom stereocenters. The number of aromatic nitrogens is 1. The molecule has 3 rings (SSSR count). The van der Waals surface area contributed by atoms with E-state index < -0.39 is 6.04 Å². The van der Waals surface area contributed by atoms with E-state index in [0.29, 0.717) is 16.5 Å². The summed E-state index contributed by atoms with van der Waals surface area (Å²) in [6.45, 7) is 2.27. The molecule has 2 heterocycles. The van der Waals surface area contributed by atoms with E-state index in [1.165, 1.54) is 23.5 Å². The number of ketones is 1. The van der Waals surface area contributed by atoms with Crippen LogP contribution in [-0.4, -0.2) is 10.8 Å². The van der Waals surface area contributed by atoms with Gasteiger partial charge in [0.1, 0.15) is 5.82 Å². The number of hydrogen-bond donors (Lipinski definition) is 0. The highest BCUT2D eigenvalue weighted by Gasteiger charge is 2.29. The highest BCUT2D eigenvalue weighted by Crippen LogP contribution is 2.17. The number of thiophene rings is 1. The maximum Gasteiger partial charge on any atom is 0.244 e. The Morgan fingerprint density at radius 1 is 1.23 bits per heavy atom. The minimum Gasteiger partial charge on any atom is -0.758 e. The molecule has 3 aromatic rings. The monoisotopic (exact) mass is 384 g/mol. The molecule has 6 heteroatoms. The normalized spacial score (nSPS) is 12.8. The van der Waals surface area contributed by atoms with Crippen LogP contribution in [-0.2, 0) is 19.2 Å². The van der Waals surface area contributed by atoms with Gasteiger partial charge in [-0.25, -0.2) is 4.39 Å². The molecule has 0 fully saturated rings. The fourth-order valence-electron chi connectivity index (χ4n) is 2.55. The van der Waals surface area contributed by atoms with Crippen molar-refractivity contribution in [2.24, 2.45) is 4.99 Å². The van der Waals surface area contributed by atoms with Gasteiger partial charge in [0.15, 0.2) is 12.4 Å². The van der Waals surface area contributed by atoms with E-state index in [-0.39, 0.29) is 11.6 Å². The lowest BCUT2D eigenvalue weighted by molar-refractivity contribution is -0.692. The van der Waals surface area contributed by atoms with Crippen molar-refractivity contribution in [3.8, 4) is 0 Å². The van der Waals surface area contributed by atoms with Gasteiger partial charge in [0.25, 0.3) is 0 Å². The first kappa shape index (κ1) is 18.4. The summed E-state index contributed by atoms with van der Waals surface area (Å²) in [7, 11) is 0. The van der Waals surface area contributed by atoms with Gasteiger partial charge in [-0.15, -0.1) is 11.3 Å². The van der Waals surface area contributed by atoms with E-state index in [9.17, 15) is 9.18 Å². The van der Waals surface area contributed by atoms with E-state index in [0.717, 1.165) is 11.1 Å². The van der Waals surface area contributed by atoms with Crippen LogP contribution in [0.15, 0.2) is 71.3 Å². The third-order valence-corrected chi connectivity index (χ3v) is 5.08. The summed E-state index contributed by atoms with van der Waals surface area (Å²) in [5.74, 6) is -0.374. The van der Waals surface area contributed by atoms with Crippen molar-refractivity contribution in [3.05, 3.63) is 88.1 Å². The summed E-state index contributed by atoms with van der Waals surface area (Å²) >= 11 is 6.88. The molecule has 0 saturated heterocycles. The predicted molar refractivity (Wildman–Crippen MR) is 104 cm³/mol. The van der Waals surface area contributed by atoms with E-state index in [1.807, 2.05) is 42.9 Å². The Morgan fingerprint density at radius 2 is 2.00 bits per heavy atom. The number of rotatable bonds is 6. The zero-order chi connectivity index (χ0) is 18.5. The van der Waals surface area contributed by atoms with Crippen molar-refractivity contribution < 1.29 is 13.8 Å². The van der Waals surface area contributed by atoms with Crippen molar-refractivity contribution >= 4 is 34.8 Å². The summed E-state index contributed by atoms with van der Waals surface area (Å²) in [6, 6.07) is 12.9. The molecule has 0 bridgehead atoms. The van der Waals surface area contributed by atoms with Gasteiger partial charge >= 0.3 is 0 Å². The van der Waals surface area contributed by atoms with Crippen LogP contribution in [0.5, 0.6) is 0 Å². The summed E-state index contributed by atoms with van der Waals surface area (Å²) in [5, 5.41) is 2.17. The second kappa shape index (κ2) is 8.29. The van der Waals surface area contributed by atoms with Crippen LogP contribution in [0, 0.1) is 12.7 Å². The number of nitrogens with zero attached hydrogens (tertiary/aromatic N) is 2. The van der Waals surface area contributed by atoms with Gasteiger partial charge in [-0.3, -0.25) is 4.79 Å². The summed E-state index contributed by atoms with van der Waals surface area (Å²) in [6.07, 6.45) is 3.71. The van der Waals surface area contributed by atoms with Crippen molar-refractivity contribution in [3.63, 3.8) is 0 Å². The molecule has 0 saturated carbocycles. The predicted octanol–water partition coefficient (Wildman–Crippen LogP) is 4.05. The molecule has 3 nitrogen and oxygen atoms in total. The zero-order valence-electron chi connectivity index (χ0n) is 14.1. The summed E-state index contributed by atoms with van der Waals surface area (Å²) < 4.78 is 14.8. The first-order chi connectivity index (χ1) is 12.5. The number of aliphatic imine (C=N–C) groups is 1. The molecule has 0 spiro atoms. The number of aryl methyl sites for hydroxylation is 1. The van der Waals surface area contributed by atoms with Crippen molar-refractivity contribution in [1.29, 1.82) is 0 Å². The summed E-state index contributed by atoms with van der Waals surface area (Å²) in [5.41, 5.74) is 1.86. The zero-order valence-corrected chi connectivity index (χ0v) is 15.8. The number of halogens is 1. The average molecular weight is 385 g/mol. The number of benzene rings is 1. The standard InChI is InChI=1S/C20H17FN2OS2/c1-14-4-2-10-23(13-14)18(19(24)17-5-3-11-26-17)20(25)22-12-15-6-8-16(21)9-7-15/h2-11,13,18H,12H2,1H3/t18-/m1/s1. The third-order valence-electron chi connectivity index (χ3n) is 3.85. The molecule has 0 radical (unpaired) electrons. The lowest BCUT2D eigenvalue weighted by atomic mass is 10.1. The van der Waals surface area contributed by atoms with Gasteiger partial charge in [0.2, 0.25) is 11.8 Å². The van der Waals surface area contributed by atoms with Crippen molar-refractivity contribution in [2.75, 3.05) is 0 Å². The van der Waals surface area contributed by atoms with Crippen LogP contribution in [0.2, 0.25) is 0 Å². The molecule has 1 atom stereocenters. The van der Waals surface area contributed by atoms with Crippen molar-refractivity contribution in [2.45, 2.75) is 19.5 Å². The van der Waals surface area contributed by atoms with Crippen molar-refractivity contribution in [1.82, 2.24) is 0 Å². The Kier molecular flexibility index (Phi) is 5.85. The molecule has 0 aliphatic carbocycles. The SMILES string of the molecule is Cc1ccc[n+]([C@H](C(=O)c2cccs2)C([S-])=NCc2ccc(F)cc2)c1. The minimum atomic E-state index is -0.677. The maximum absolute atomic E-state index is 13.0. The number of pyridine rings is 1. The highest BCUT2D eigenvalue weighted by atomic mass is 32.1. The molecule has 0 N–H and O–H groups in total. The van der Waals surface area contributed by atoms with Gasteiger partial charge in [-0.05, 0) is 47.2 Å². The molecular formula is C20H17FN2OS2. The highest BCUT2D eigenvalue weighted by molar-refractivity contribution is 7.77. The molecule has 0 amide bonds. The maximum atomic E-state index is 13.0. The number of carbonyl (C=O) groups is 1. The van der Waals surface area contributed by atoms with Crippen LogP contribution >= 0.6 is 11.3 Å². The molecule has 2 aromatic heterocycles. The van der Waals surface area contributed by atoms with Gasteiger partial charge < -0.3 is 17.6 Å². The first-order valence-electron chi connectivity index (χ1n) is 8.05. The molecule has 1 aromatic carbocycles. The fourth-order valence-corrected chi connectivity index (χ4v) is 3.53. The van der Waals surface area contributed by atoms with Gasteiger partial charge in [-0.1, -0.05) is 18.2 Å². The van der Waals surface area contributed by atoms with E-state index >= 15 is 0 Å². The Labute approximate surface area is 161 Å². The van der Waals surface area contributed by atoms with Gasteiger partial charge in [-0.2, -0.15) is 4.57 Å². The Bertz CT molecular complexity index is 921. The van der Waals surface area contributed by atoms with Crippen LogP contribution in [0.4, 0.5) is 4.39 Å². The number of Topliss-reactive ketones (excluding diaryl/α,β-unsaturated/α-hetero) is 1. The minimum absolute atomic E-state index is 0.0801. The second-order valence-electron chi connectivity index (χ2n) is 5.85. The van der Waals surface area contributed by atoms with E-state index in [2.05, 4.69) is 4.99 Å². The van der Waals surface area contributed by atoms with Gasteiger partial charge in [0, 0.05) is 11.6 Å². The lowest BCUT2D eigenvalue weighted by Crippen LogP contribution is -2.47. The van der Waals surface area contributed by atoms with Crippen LogP contribution in [0.25, 0.3) is 0 Å². The fraction of sp³-hybridized carbons (Fsp3) is 0.150. The second-order valence-corrected chi connectivity index (χ2v) is 7.22. The molecule has 0 aliphatic rings.